The van der Waals surface area contributed by atoms with Gasteiger partial charge in [0.05, 0.1) is 22.8 Å². The van der Waals surface area contributed by atoms with E-state index in [9.17, 15) is 4.79 Å². The summed E-state index contributed by atoms with van der Waals surface area (Å²) < 4.78 is 13.2. The largest absolute Gasteiger partial charge is 0.488 e. The lowest BCUT2D eigenvalue weighted by atomic mass is 9.95. The van der Waals surface area contributed by atoms with Crippen LogP contribution < -0.4 is 10.1 Å². The SMILES string of the molecule is O=C(NCc1ccco1)c1c(N=Cc2ccc(OCc3ccc(Br)cc3)c(Br)c2)sc2c1CCCC2. The average Bonchev–Trinajstić information content (AvgIpc) is 3.54. The maximum absolute atomic E-state index is 13.2. The lowest BCUT2D eigenvalue weighted by Gasteiger charge is -2.12. The molecule has 0 radical (unpaired) electrons. The summed E-state index contributed by atoms with van der Waals surface area (Å²) in [5.74, 6) is 1.39. The quantitative estimate of drug-likeness (QED) is 0.201. The van der Waals surface area contributed by atoms with Gasteiger partial charge in [0.25, 0.3) is 5.91 Å². The molecule has 0 atom stereocenters. The van der Waals surface area contributed by atoms with Crippen molar-refractivity contribution in [3.05, 3.63) is 103 Å². The van der Waals surface area contributed by atoms with Crippen LogP contribution in [0.2, 0.25) is 0 Å². The van der Waals surface area contributed by atoms with Crippen LogP contribution in [0.25, 0.3) is 0 Å². The van der Waals surface area contributed by atoms with Crippen molar-refractivity contribution in [1.29, 1.82) is 0 Å². The van der Waals surface area contributed by atoms with Gasteiger partial charge in [0, 0.05) is 15.6 Å². The molecule has 2 heterocycles. The van der Waals surface area contributed by atoms with Crippen molar-refractivity contribution in [3.8, 4) is 5.75 Å². The topological polar surface area (TPSA) is 63.8 Å². The van der Waals surface area contributed by atoms with E-state index in [-0.39, 0.29) is 5.91 Å². The number of ether oxygens (including phenoxy) is 1. The van der Waals surface area contributed by atoms with E-state index in [4.69, 9.17) is 14.1 Å². The third-order valence-corrected chi connectivity index (χ3v) is 8.33. The predicted molar refractivity (Wildman–Crippen MR) is 151 cm³/mol. The normalized spacial score (nSPS) is 13.1. The molecule has 0 saturated heterocycles. The fourth-order valence-corrected chi connectivity index (χ4v) is 6.14. The number of carbonyl (C=O) groups is 1. The van der Waals surface area contributed by atoms with Crippen LogP contribution in [-0.4, -0.2) is 12.1 Å². The van der Waals surface area contributed by atoms with Gasteiger partial charge in [0.2, 0.25) is 0 Å². The van der Waals surface area contributed by atoms with Gasteiger partial charge in [0.15, 0.2) is 0 Å². The van der Waals surface area contributed by atoms with Crippen LogP contribution in [0.3, 0.4) is 0 Å². The number of halogens is 2. The van der Waals surface area contributed by atoms with Crippen LogP contribution in [0.5, 0.6) is 5.75 Å². The number of fused-ring (bicyclic) bond motifs is 1. The molecule has 1 aliphatic carbocycles. The van der Waals surface area contributed by atoms with Crippen molar-refractivity contribution >= 4 is 60.3 Å². The number of amides is 1. The van der Waals surface area contributed by atoms with Gasteiger partial charge in [0.1, 0.15) is 23.1 Å². The fraction of sp³-hybridized carbons (Fsp3) is 0.214. The maximum Gasteiger partial charge on any atom is 0.255 e. The molecule has 0 spiro atoms. The number of hydrogen-bond donors (Lipinski definition) is 1. The number of carbonyl (C=O) groups excluding carboxylic acids is 1. The molecule has 36 heavy (non-hydrogen) atoms. The summed E-state index contributed by atoms with van der Waals surface area (Å²) in [7, 11) is 0. The number of aryl methyl sites for hydroxylation is 1. The van der Waals surface area contributed by atoms with E-state index < -0.39 is 0 Å². The van der Waals surface area contributed by atoms with E-state index in [1.54, 1.807) is 17.6 Å². The Bertz CT molecular complexity index is 1380. The molecule has 0 aliphatic heterocycles. The van der Waals surface area contributed by atoms with Gasteiger partial charge in [-0.15, -0.1) is 11.3 Å². The number of rotatable bonds is 8. The molecule has 0 fully saturated rings. The summed E-state index contributed by atoms with van der Waals surface area (Å²) in [6, 6.07) is 17.6. The predicted octanol–water partition coefficient (Wildman–Crippen LogP) is 8.00. The molecule has 0 saturated carbocycles. The summed E-state index contributed by atoms with van der Waals surface area (Å²) in [6.45, 7) is 0.838. The summed E-state index contributed by atoms with van der Waals surface area (Å²) >= 11 is 8.69. The van der Waals surface area contributed by atoms with Gasteiger partial charge < -0.3 is 14.5 Å². The van der Waals surface area contributed by atoms with Crippen molar-refractivity contribution in [2.75, 3.05) is 0 Å². The Morgan fingerprint density at radius 2 is 1.94 bits per heavy atom. The molecular weight excluding hydrogens is 604 g/mol. The third-order valence-electron chi connectivity index (χ3n) is 5.98. The number of nitrogens with one attached hydrogen (secondary N) is 1. The number of benzene rings is 2. The summed E-state index contributed by atoms with van der Waals surface area (Å²) in [4.78, 5) is 19.2. The van der Waals surface area contributed by atoms with E-state index in [1.165, 1.54) is 4.88 Å². The van der Waals surface area contributed by atoms with Gasteiger partial charge in [-0.3, -0.25) is 4.79 Å². The molecular formula is C28H24Br2N2O3S. The summed E-state index contributed by atoms with van der Waals surface area (Å²) in [6.07, 6.45) is 7.59. The van der Waals surface area contributed by atoms with Crippen LogP contribution in [0.15, 0.2) is 79.2 Å². The minimum atomic E-state index is -0.101. The molecule has 184 valence electrons. The van der Waals surface area contributed by atoms with E-state index in [0.29, 0.717) is 18.7 Å². The number of hydrogen-bond acceptors (Lipinski definition) is 5. The Labute approximate surface area is 230 Å². The fourth-order valence-electron chi connectivity index (χ4n) is 4.13. The van der Waals surface area contributed by atoms with Gasteiger partial charge in [-0.25, -0.2) is 4.99 Å². The standard InChI is InChI=1S/C28H24Br2N2O3S/c29-20-10-7-18(8-11-20)17-35-24-12-9-19(14-23(24)30)15-32-28-26(22-5-1-2-6-25(22)36-28)27(33)31-16-21-4-3-13-34-21/h3-4,7-15H,1-2,5-6,16-17H2,(H,31,33). The third kappa shape index (κ3) is 5.99. The van der Waals surface area contributed by atoms with Crippen LogP contribution in [-0.2, 0) is 26.0 Å². The summed E-state index contributed by atoms with van der Waals surface area (Å²) in [5.41, 5.74) is 3.86. The van der Waals surface area contributed by atoms with Crippen LogP contribution >= 0.6 is 43.2 Å². The molecule has 0 unspecified atom stereocenters. The first-order valence-corrected chi connectivity index (χ1v) is 14.1. The summed E-state index contributed by atoms with van der Waals surface area (Å²) in [5, 5.41) is 3.75. The van der Waals surface area contributed by atoms with Crippen molar-refractivity contribution in [2.45, 2.75) is 38.8 Å². The van der Waals surface area contributed by atoms with E-state index >= 15 is 0 Å². The molecule has 8 heteroatoms. The van der Waals surface area contributed by atoms with Gasteiger partial charge >= 0.3 is 0 Å². The van der Waals surface area contributed by atoms with E-state index in [1.807, 2.05) is 60.8 Å². The highest BCUT2D eigenvalue weighted by Crippen LogP contribution is 2.40. The Balaban J connectivity index is 1.31. The van der Waals surface area contributed by atoms with Crippen molar-refractivity contribution in [3.63, 3.8) is 0 Å². The number of furan rings is 1. The minimum absolute atomic E-state index is 0.101. The highest BCUT2D eigenvalue weighted by molar-refractivity contribution is 9.10. The monoisotopic (exact) mass is 626 g/mol. The second-order valence-electron chi connectivity index (χ2n) is 8.52. The van der Waals surface area contributed by atoms with Crippen molar-refractivity contribution in [2.24, 2.45) is 4.99 Å². The zero-order valence-corrected chi connectivity index (χ0v) is 23.4. The molecule has 1 N–H and O–H groups in total. The second-order valence-corrected chi connectivity index (χ2v) is 11.4. The smallest absolute Gasteiger partial charge is 0.255 e. The molecule has 2 aromatic carbocycles. The van der Waals surface area contributed by atoms with Gasteiger partial charge in [-0.2, -0.15) is 0 Å². The maximum atomic E-state index is 13.2. The second kappa shape index (κ2) is 11.6. The molecule has 5 nitrogen and oxygen atoms in total. The number of thiophene rings is 1. The molecule has 1 amide bonds. The van der Waals surface area contributed by atoms with Crippen molar-refractivity contribution in [1.82, 2.24) is 5.32 Å². The first-order chi connectivity index (χ1) is 17.6. The first kappa shape index (κ1) is 25.0. The zero-order chi connectivity index (χ0) is 24.9. The van der Waals surface area contributed by atoms with Gasteiger partial charge in [-0.1, -0.05) is 28.1 Å². The Morgan fingerprint density at radius 3 is 2.72 bits per heavy atom. The van der Waals surface area contributed by atoms with Crippen LogP contribution in [0.1, 0.15) is 50.5 Å². The average molecular weight is 628 g/mol. The first-order valence-electron chi connectivity index (χ1n) is 11.7. The molecule has 5 rings (SSSR count). The highest BCUT2D eigenvalue weighted by atomic mass is 79.9. The lowest BCUT2D eigenvalue weighted by Crippen LogP contribution is -2.23. The Morgan fingerprint density at radius 1 is 1.11 bits per heavy atom. The Hall–Kier alpha value is -2.68. The number of nitrogens with zero attached hydrogens (tertiary/aromatic N) is 1. The molecule has 1 aliphatic rings. The van der Waals surface area contributed by atoms with Gasteiger partial charge in [-0.05, 0) is 101 Å². The van der Waals surface area contributed by atoms with E-state index in [0.717, 1.165) is 67.8 Å². The zero-order valence-electron chi connectivity index (χ0n) is 19.4. The van der Waals surface area contributed by atoms with Crippen molar-refractivity contribution < 1.29 is 13.9 Å². The molecule has 4 aromatic rings. The Kier molecular flexibility index (Phi) is 8.04. The van der Waals surface area contributed by atoms with E-state index in [2.05, 4.69) is 37.2 Å². The molecule has 2 aromatic heterocycles. The minimum Gasteiger partial charge on any atom is -0.488 e. The number of aliphatic imine (C=N–C) groups is 1. The van der Waals surface area contributed by atoms with Crippen LogP contribution in [0.4, 0.5) is 5.00 Å². The molecule has 0 bridgehead atoms. The lowest BCUT2D eigenvalue weighted by molar-refractivity contribution is 0.0948. The highest BCUT2D eigenvalue weighted by Gasteiger charge is 2.25. The van der Waals surface area contributed by atoms with Crippen LogP contribution in [0, 0.1) is 0 Å².